The van der Waals surface area contributed by atoms with Gasteiger partial charge in [-0.05, 0) is 31.5 Å². The summed E-state index contributed by atoms with van der Waals surface area (Å²) in [5, 5.41) is 2.76. The Morgan fingerprint density at radius 2 is 1.95 bits per heavy atom. The lowest BCUT2D eigenvalue weighted by Gasteiger charge is -2.38. The van der Waals surface area contributed by atoms with Crippen molar-refractivity contribution in [1.29, 1.82) is 0 Å². The maximum atomic E-state index is 13.1. The number of piperazine rings is 1. The molecule has 1 heterocycles. The van der Waals surface area contributed by atoms with Gasteiger partial charge in [0.1, 0.15) is 11.9 Å². The normalized spacial score (nSPS) is 18.3. The van der Waals surface area contributed by atoms with Gasteiger partial charge < -0.3 is 15.1 Å². The average molecular weight is 293 g/mol. The average Bonchev–Trinajstić information content (AvgIpc) is 2.49. The van der Waals surface area contributed by atoms with Gasteiger partial charge in [-0.2, -0.15) is 0 Å². The predicted octanol–water partition coefficient (Wildman–Crippen LogP) is 1.76. The maximum Gasteiger partial charge on any atom is 0.321 e. The third-order valence-corrected chi connectivity index (χ3v) is 3.68. The zero-order valence-corrected chi connectivity index (χ0v) is 12.3. The predicted molar refractivity (Wildman–Crippen MR) is 77.2 cm³/mol. The van der Waals surface area contributed by atoms with E-state index < -0.39 is 6.04 Å². The highest BCUT2D eigenvalue weighted by molar-refractivity contribution is 5.89. The summed E-state index contributed by atoms with van der Waals surface area (Å²) in [5.74, 6) is -0.593. The van der Waals surface area contributed by atoms with E-state index in [0.717, 1.165) is 0 Å². The van der Waals surface area contributed by atoms with Crippen LogP contribution in [0.15, 0.2) is 24.3 Å². The number of urea groups is 1. The van der Waals surface area contributed by atoms with Crippen molar-refractivity contribution in [2.24, 2.45) is 0 Å². The molecule has 1 unspecified atom stereocenters. The van der Waals surface area contributed by atoms with E-state index in [-0.39, 0.29) is 17.8 Å². The lowest BCUT2D eigenvalue weighted by Crippen LogP contribution is -2.55. The summed E-state index contributed by atoms with van der Waals surface area (Å²) < 4.78 is 13.1. The van der Waals surface area contributed by atoms with Crippen LogP contribution in [-0.4, -0.2) is 47.9 Å². The number of hydrogen-bond acceptors (Lipinski definition) is 2. The molecule has 21 heavy (non-hydrogen) atoms. The van der Waals surface area contributed by atoms with Gasteiger partial charge in [0.05, 0.1) is 0 Å². The summed E-state index contributed by atoms with van der Waals surface area (Å²) in [6, 6.07) is 4.84. The summed E-state index contributed by atoms with van der Waals surface area (Å²) in [6.07, 6.45) is 0. The van der Waals surface area contributed by atoms with E-state index in [1.807, 2.05) is 13.8 Å². The van der Waals surface area contributed by atoms with Gasteiger partial charge >= 0.3 is 6.03 Å². The van der Waals surface area contributed by atoms with Gasteiger partial charge in [-0.3, -0.25) is 4.79 Å². The minimum Gasteiger partial charge on any atom is -0.352 e. The van der Waals surface area contributed by atoms with Crippen molar-refractivity contribution in [2.45, 2.75) is 19.9 Å². The Bertz CT molecular complexity index is 514. The fourth-order valence-electron chi connectivity index (χ4n) is 2.53. The van der Waals surface area contributed by atoms with Crippen molar-refractivity contribution >= 4 is 11.9 Å². The zero-order chi connectivity index (χ0) is 15.4. The summed E-state index contributed by atoms with van der Waals surface area (Å²) >= 11 is 0. The lowest BCUT2D eigenvalue weighted by atomic mass is 10.0. The minimum atomic E-state index is -0.701. The maximum absolute atomic E-state index is 13.1. The third-order valence-electron chi connectivity index (χ3n) is 3.68. The first-order valence-electron chi connectivity index (χ1n) is 7.17. The van der Waals surface area contributed by atoms with Crippen LogP contribution in [0.1, 0.15) is 25.5 Å². The van der Waals surface area contributed by atoms with Crippen LogP contribution in [0, 0.1) is 5.82 Å². The smallest absolute Gasteiger partial charge is 0.321 e. The molecule has 2 rings (SSSR count). The van der Waals surface area contributed by atoms with Gasteiger partial charge in [0, 0.05) is 26.2 Å². The number of halogens is 1. The van der Waals surface area contributed by atoms with Gasteiger partial charge in [0.25, 0.3) is 0 Å². The molecule has 114 valence electrons. The van der Waals surface area contributed by atoms with Crippen molar-refractivity contribution in [3.05, 3.63) is 35.6 Å². The summed E-state index contributed by atoms with van der Waals surface area (Å²) in [6.45, 7) is 5.86. The first kappa shape index (κ1) is 15.3. The number of rotatable bonds is 3. The van der Waals surface area contributed by atoms with E-state index in [2.05, 4.69) is 5.32 Å². The van der Waals surface area contributed by atoms with Gasteiger partial charge in [-0.1, -0.05) is 12.1 Å². The van der Waals surface area contributed by atoms with Crippen LogP contribution in [-0.2, 0) is 4.79 Å². The molecule has 0 radical (unpaired) electrons. The van der Waals surface area contributed by atoms with Crippen LogP contribution in [0.3, 0.4) is 0 Å². The van der Waals surface area contributed by atoms with Crippen LogP contribution in [0.5, 0.6) is 0 Å². The molecule has 5 nitrogen and oxygen atoms in total. The molecule has 1 N–H and O–H groups in total. The van der Waals surface area contributed by atoms with Crippen molar-refractivity contribution in [1.82, 2.24) is 15.1 Å². The number of carbonyl (C=O) groups is 2. The lowest BCUT2D eigenvalue weighted by molar-refractivity contribution is -0.128. The number of carbonyl (C=O) groups excluding carboxylic acids is 2. The molecule has 1 fully saturated rings. The van der Waals surface area contributed by atoms with Crippen LogP contribution in [0.2, 0.25) is 0 Å². The number of amides is 3. The molecule has 0 saturated carbocycles. The fourth-order valence-corrected chi connectivity index (χ4v) is 2.53. The van der Waals surface area contributed by atoms with E-state index in [1.54, 1.807) is 21.9 Å². The highest BCUT2D eigenvalue weighted by atomic mass is 19.1. The van der Waals surface area contributed by atoms with E-state index in [4.69, 9.17) is 0 Å². The summed E-state index contributed by atoms with van der Waals surface area (Å²) in [5.41, 5.74) is 0.620. The Kier molecular flexibility index (Phi) is 4.77. The van der Waals surface area contributed by atoms with Crippen LogP contribution in [0.25, 0.3) is 0 Å². The van der Waals surface area contributed by atoms with Gasteiger partial charge in [0.15, 0.2) is 0 Å². The van der Waals surface area contributed by atoms with Crippen molar-refractivity contribution in [3.8, 4) is 0 Å². The Hall–Kier alpha value is -2.11. The highest BCUT2D eigenvalue weighted by Crippen LogP contribution is 2.24. The summed E-state index contributed by atoms with van der Waals surface area (Å²) in [4.78, 5) is 28.0. The van der Waals surface area contributed by atoms with Crippen molar-refractivity contribution in [2.75, 3.05) is 26.2 Å². The van der Waals surface area contributed by atoms with Crippen LogP contribution >= 0.6 is 0 Å². The topological polar surface area (TPSA) is 52.7 Å². The molecular formula is C15H20FN3O2. The molecule has 1 saturated heterocycles. The zero-order valence-electron chi connectivity index (χ0n) is 12.3. The number of nitrogens with one attached hydrogen (secondary N) is 1. The molecule has 1 atom stereocenters. The van der Waals surface area contributed by atoms with E-state index >= 15 is 0 Å². The van der Waals surface area contributed by atoms with Gasteiger partial charge in [-0.25, -0.2) is 9.18 Å². The highest BCUT2D eigenvalue weighted by Gasteiger charge is 2.35. The molecule has 3 amide bonds. The van der Waals surface area contributed by atoms with E-state index in [0.29, 0.717) is 31.7 Å². The molecule has 6 heteroatoms. The molecule has 0 aromatic heterocycles. The first-order chi connectivity index (χ1) is 10.1. The molecule has 1 aliphatic heterocycles. The molecule has 0 aliphatic carbocycles. The molecule has 0 spiro atoms. The number of benzene rings is 1. The molecular weight excluding hydrogens is 273 g/mol. The second kappa shape index (κ2) is 6.56. The Labute approximate surface area is 123 Å². The molecule has 1 aliphatic rings. The fraction of sp³-hybridized carbons (Fsp3) is 0.467. The quantitative estimate of drug-likeness (QED) is 0.923. The Morgan fingerprint density at radius 3 is 2.52 bits per heavy atom. The molecule has 1 aromatic rings. The van der Waals surface area contributed by atoms with Gasteiger partial charge in [0.2, 0.25) is 5.91 Å². The van der Waals surface area contributed by atoms with Crippen LogP contribution in [0.4, 0.5) is 9.18 Å². The number of hydrogen-bond donors (Lipinski definition) is 1. The second-order valence-corrected chi connectivity index (χ2v) is 4.89. The first-order valence-corrected chi connectivity index (χ1v) is 7.17. The van der Waals surface area contributed by atoms with E-state index in [9.17, 15) is 14.0 Å². The molecule has 0 bridgehead atoms. The largest absolute Gasteiger partial charge is 0.352 e. The van der Waals surface area contributed by atoms with Crippen molar-refractivity contribution < 1.29 is 14.0 Å². The Morgan fingerprint density at radius 1 is 1.33 bits per heavy atom. The van der Waals surface area contributed by atoms with Crippen molar-refractivity contribution in [3.63, 3.8) is 0 Å². The molecule has 1 aromatic carbocycles. The monoisotopic (exact) mass is 293 g/mol. The van der Waals surface area contributed by atoms with Crippen LogP contribution < -0.4 is 5.32 Å². The second-order valence-electron chi connectivity index (χ2n) is 4.89. The standard InChI is InChI=1S/C15H20FN3O2/c1-3-18(4-2)15(21)19-10-9-17-14(20)13(19)11-5-7-12(16)8-6-11/h5-8,13H,3-4,9-10H2,1-2H3,(H,17,20). The Balaban J connectivity index is 2.31. The summed E-state index contributed by atoms with van der Waals surface area (Å²) in [7, 11) is 0. The van der Waals surface area contributed by atoms with Gasteiger partial charge in [-0.15, -0.1) is 0 Å². The van der Waals surface area contributed by atoms with E-state index in [1.165, 1.54) is 12.1 Å². The number of nitrogens with zero attached hydrogens (tertiary/aromatic N) is 2. The SMILES string of the molecule is CCN(CC)C(=O)N1CCNC(=O)C1c1ccc(F)cc1. The third kappa shape index (κ3) is 3.15. The minimum absolute atomic E-state index is 0.163.